The van der Waals surface area contributed by atoms with Gasteiger partial charge in [-0.1, -0.05) is 20.8 Å². The molecule has 0 aliphatic heterocycles. The van der Waals surface area contributed by atoms with Crippen molar-refractivity contribution in [3.05, 3.63) is 20.8 Å². The largest absolute Gasteiger partial charge is 0.297 e. The Morgan fingerprint density at radius 2 is 2.05 bits per heavy atom. The Labute approximate surface area is 129 Å². The molecule has 19 heavy (non-hydrogen) atoms. The van der Waals surface area contributed by atoms with E-state index in [1.165, 1.54) is 4.88 Å². The Bertz CT molecular complexity index is 379. The third-order valence-corrected chi connectivity index (χ3v) is 5.90. The Balaban J connectivity index is 2.91. The van der Waals surface area contributed by atoms with E-state index in [2.05, 4.69) is 65.4 Å². The van der Waals surface area contributed by atoms with E-state index in [1.807, 2.05) is 0 Å². The predicted octanol–water partition coefficient (Wildman–Crippen LogP) is 3.40. The highest BCUT2D eigenvalue weighted by molar-refractivity contribution is 9.10. The third kappa shape index (κ3) is 4.02. The molecule has 0 aliphatic carbocycles. The van der Waals surface area contributed by atoms with Gasteiger partial charge in [-0.25, -0.2) is 0 Å². The van der Waals surface area contributed by atoms with Crippen LogP contribution in [0.5, 0.6) is 0 Å². The number of hydrazine groups is 1. The van der Waals surface area contributed by atoms with E-state index in [0.717, 1.165) is 30.4 Å². The Morgan fingerprint density at radius 3 is 2.42 bits per heavy atom. The lowest BCUT2D eigenvalue weighted by Crippen LogP contribution is -2.61. The second-order valence-corrected chi connectivity index (χ2v) is 6.95. The maximum Gasteiger partial charge on any atom is 0.0440 e. The molecule has 0 bridgehead atoms. The fraction of sp³-hybridized carbons (Fsp3) is 0.714. The van der Waals surface area contributed by atoms with Crippen LogP contribution in [0, 0.1) is 0 Å². The van der Waals surface area contributed by atoms with Gasteiger partial charge in [-0.15, -0.1) is 11.3 Å². The Kier molecular flexibility index (Phi) is 6.97. The fourth-order valence-electron chi connectivity index (χ4n) is 2.76. The maximum atomic E-state index is 5.85. The van der Waals surface area contributed by atoms with Gasteiger partial charge in [0.25, 0.3) is 0 Å². The summed E-state index contributed by atoms with van der Waals surface area (Å²) in [5.41, 5.74) is 3.13. The molecule has 3 nitrogen and oxygen atoms in total. The minimum atomic E-state index is 0.0781. The summed E-state index contributed by atoms with van der Waals surface area (Å²) < 4.78 is 1.16. The van der Waals surface area contributed by atoms with E-state index in [0.29, 0.717) is 0 Å². The summed E-state index contributed by atoms with van der Waals surface area (Å²) in [6, 6.07) is 2.44. The van der Waals surface area contributed by atoms with Gasteiger partial charge in [-0.2, -0.15) is 0 Å². The number of thiophene rings is 1. The van der Waals surface area contributed by atoms with Crippen LogP contribution in [-0.4, -0.2) is 29.6 Å². The average molecular weight is 348 g/mol. The first-order chi connectivity index (χ1) is 9.01. The zero-order chi connectivity index (χ0) is 14.5. The van der Waals surface area contributed by atoms with Crippen molar-refractivity contribution in [3.8, 4) is 0 Å². The first-order valence-corrected chi connectivity index (χ1v) is 8.63. The van der Waals surface area contributed by atoms with Gasteiger partial charge in [0.05, 0.1) is 0 Å². The second kappa shape index (κ2) is 7.74. The van der Waals surface area contributed by atoms with Crippen LogP contribution < -0.4 is 11.3 Å². The van der Waals surface area contributed by atoms with E-state index in [4.69, 9.17) is 5.84 Å². The van der Waals surface area contributed by atoms with Crippen molar-refractivity contribution >= 4 is 27.3 Å². The molecule has 3 N–H and O–H groups in total. The molecule has 0 amide bonds. The van der Waals surface area contributed by atoms with Crippen LogP contribution in [0.1, 0.15) is 39.0 Å². The zero-order valence-electron chi connectivity index (χ0n) is 12.4. The number of hydrogen-bond donors (Lipinski definition) is 2. The van der Waals surface area contributed by atoms with Crippen LogP contribution in [0.15, 0.2) is 15.9 Å². The van der Waals surface area contributed by atoms with E-state index in [9.17, 15) is 0 Å². The fourth-order valence-corrected chi connectivity index (χ4v) is 4.25. The van der Waals surface area contributed by atoms with Crippen LogP contribution in [0.25, 0.3) is 0 Å². The smallest absolute Gasteiger partial charge is 0.0440 e. The minimum Gasteiger partial charge on any atom is -0.297 e. The van der Waals surface area contributed by atoms with E-state index < -0.39 is 0 Å². The molecule has 0 fully saturated rings. The summed E-state index contributed by atoms with van der Waals surface area (Å²) >= 11 is 5.30. The molecule has 1 aromatic heterocycles. The van der Waals surface area contributed by atoms with Gasteiger partial charge >= 0.3 is 0 Å². The first kappa shape index (κ1) is 17.1. The molecule has 1 heterocycles. The Morgan fingerprint density at radius 1 is 1.42 bits per heavy atom. The molecule has 0 radical (unpaired) electrons. The van der Waals surface area contributed by atoms with Crippen LogP contribution in [0.4, 0.5) is 0 Å². The molecule has 110 valence electrons. The highest BCUT2D eigenvalue weighted by atomic mass is 79.9. The van der Waals surface area contributed by atoms with Gasteiger partial charge in [0.2, 0.25) is 0 Å². The molecular formula is C14H26BrN3S. The summed E-state index contributed by atoms with van der Waals surface area (Å²) in [6.07, 6.45) is 2.05. The van der Waals surface area contributed by atoms with Crippen LogP contribution in [0.3, 0.4) is 0 Å². The van der Waals surface area contributed by atoms with Gasteiger partial charge in [0.15, 0.2) is 0 Å². The molecule has 0 spiro atoms. The molecular weight excluding hydrogens is 322 g/mol. The number of nitrogens with zero attached hydrogens (tertiary/aromatic N) is 1. The molecule has 5 heteroatoms. The summed E-state index contributed by atoms with van der Waals surface area (Å²) in [4.78, 5) is 3.86. The highest BCUT2D eigenvalue weighted by Gasteiger charge is 2.36. The molecule has 0 saturated heterocycles. The number of hydrogen-bond acceptors (Lipinski definition) is 4. The van der Waals surface area contributed by atoms with Crippen molar-refractivity contribution in [1.82, 2.24) is 10.3 Å². The van der Waals surface area contributed by atoms with E-state index in [1.54, 1.807) is 11.3 Å². The number of halogens is 1. The maximum absolute atomic E-state index is 5.85. The lowest BCUT2D eigenvalue weighted by atomic mass is 9.85. The van der Waals surface area contributed by atoms with Crippen molar-refractivity contribution in [3.63, 3.8) is 0 Å². The van der Waals surface area contributed by atoms with Gasteiger partial charge in [0.1, 0.15) is 0 Å². The van der Waals surface area contributed by atoms with Crippen molar-refractivity contribution < 1.29 is 0 Å². The molecule has 2 atom stereocenters. The minimum absolute atomic E-state index is 0.0781. The summed E-state index contributed by atoms with van der Waals surface area (Å²) in [6.45, 7) is 11.1. The SMILES string of the molecule is CCN(CC)C(C)(CC)C(Cc1cc(Br)cs1)NN. The molecule has 0 saturated carbocycles. The molecule has 0 aliphatic rings. The van der Waals surface area contributed by atoms with Crippen molar-refractivity contribution in [1.29, 1.82) is 0 Å². The standard InChI is InChI=1S/C14H26BrN3S/c1-5-14(4,18(6-2)7-3)13(17-16)9-12-8-11(15)10-19-12/h8,10,13,17H,5-7,9,16H2,1-4H3. The van der Waals surface area contributed by atoms with Crippen LogP contribution in [-0.2, 0) is 6.42 Å². The zero-order valence-corrected chi connectivity index (χ0v) is 14.8. The summed E-state index contributed by atoms with van der Waals surface area (Å²) in [5.74, 6) is 5.85. The monoisotopic (exact) mass is 347 g/mol. The highest BCUT2D eigenvalue weighted by Crippen LogP contribution is 2.28. The number of nitrogens with two attached hydrogens (primary N) is 1. The molecule has 1 aromatic rings. The first-order valence-electron chi connectivity index (χ1n) is 6.95. The normalized spacial score (nSPS) is 16.6. The molecule has 2 unspecified atom stereocenters. The topological polar surface area (TPSA) is 41.3 Å². The number of nitrogens with one attached hydrogen (secondary N) is 1. The van der Waals surface area contributed by atoms with Gasteiger partial charge in [-0.05, 0) is 48.4 Å². The third-order valence-electron chi connectivity index (χ3n) is 4.18. The van der Waals surface area contributed by atoms with Gasteiger partial charge in [-0.3, -0.25) is 16.2 Å². The summed E-state index contributed by atoms with van der Waals surface area (Å²) in [7, 11) is 0. The lowest BCUT2D eigenvalue weighted by Gasteiger charge is -2.45. The van der Waals surface area contributed by atoms with Crippen LogP contribution in [0.2, 0.25) is 0 Å². The number of likely N-dealkylation sites (N-methyl/N-ethyl adjacent to an activating group) is 1. The van der Waals surface area contributed by atoms with Crippen LogP contribution >= 0.6 is 27.3 Å². The lowest BCUT2D eigenvalue weighted by molar-refractivity contribution is 0.0704. The quantitative estimate of drug-likeness (QED) is 0.559. The van der Waals surface area contributed by atoms with Crippen molar-refractivity contribution in [2.75, 3.05) is 13.1 Å². The number of rotatable bonds is 8. The van der Waals surface area contributed by atoms with E-state index >= 15 is 0 Å². The average Bonchev–Trinajstić information content (AvgIpc) is 2.82. The van der Waals surface area contributed by atoms with Gasteiger partial charge < -0.3 is 0 Å². The van der Waals surface area contributed by atoms with Crippen molar-refractivity contribution in [2.24, 2.45) is 5.84 Å². The molecule has 1 rings (SSSR count). The van der Waals surface area contributed by atoms with Crippen molar-refractivity contribution in [2.45, 2.75) is 52.1 Å². The second-order valence-electron chi connectivity index (χ2n) is 5.04. The molecule has 0 aromatic carbocycles. The predicted molar refractivity (Wildman–Crippen MR) is 88.5 cm³/mol. The summed E-state index contributed by atoms with van der Waals surface area (Å²) in [5, 5.41) is 2.13. The van der Waals surface area contributed by atoms with Gasteiger partial charge in [0, 0.05) is 32.7 Å². The van der Waals surface area contributed by atoms with E-state index in [-0.39, 0.29) is 11.6 Å². The Hall–Kier alpha value is 0.0600.